The molecule has 3 rings (SSSR count). The lowest BCUT2D eigenvalue weighted by Crippen LogP contribution is -2.18. The molecule has 6 nitrogen and oxygen atoms in total. The summed E-state index contributed by atoms with van der Waals surface area (Å²) in [6.45, 7) is 2.53. The average Bonchev–Trinajstić information content (AvgIpc) is 3.04. The summed E-state index contributed by atoms with van der Waals surface area (Å²) < 4.78 is 6.42. The molecule has 0 aliphatic heterocycles. The van der Waals surface area contributed by atoms with Crippen molar-refractivity contribution in [1.29, 1.82) is 0 Å². The van der Waals surface area contributed by atoms with Gasteiger partial charge in [0, 0.05) is 5.69 Å². The van der Waals surface area contributed by atoms with Crippen LogP contribution in [0.15, 0.2) is 48.5 Å². The molecule has 0 spiro atoms. The van der Waals surface area contributed by atoms with E-state index in [-0.39, 0.29) is 23.3 Å². The van der Waals surface area contributed by atoms with Gasteiger partial charge in [0.1, 0.15) is 5.75 Å². The molecule has 0 radical (unpaired) electrons. The summed E-state index contributed by atoms with van der Waals surface area (Å²) in [6.07, 6.45) is 0. The maximum Gasteiger partial charge on any atom is 0.236 e. The number of fused-ring (bicyclic) bond motifs is 1. The molecule has 2 N–H and O–H groups in total. The van der Waals surface area contributed by atoms with Crippen molar-refractivity contribution in [2.45, 2.75) is 6.92 Å². The molecule has 140 valence electrons. The van der Waals surface area contributed by atoms with Crippen molar-refractivity contribution in [2.75, 3.05) is 28.7 Å². The number of benzene rings is 2. The van der Waals surface area contributed by atoms with E-state index >= 15 is 0 Å². The molecule has 3 aromatic rings. The minimum absolute atomic E-state index is 0.137. The van der Waals surface area contributed by atoms with E-state index in [1.54, 1.807) is 0 Å². The topological polar surface area (TPSA) is 80.3 Å². The number of hydrogen-bond donors (Lipinski definition) is 2. The third-order valence-corrected chi connectivity index (χ3v) is 5.31. The van der Waals surface area contributed by atoms with Crippen molar-refractivity contribution in [1.82, 2.24) is 4.98 Å². The number of nitrogens with zero attached hydrogens (tertiary/aromatic N) is 1. The van der Waals surface area contributed by atoms with E-state index in [9.17, 15) is 9.59 Å². The normalized spacial score (nSPS) is 10.6. The molecule has 1 heterocycles. The fourth-order valence-electron chi connectivity index (χ4n) is 2.33. The van der Waals surface area contributed by atoms with Gasteiger partial charge in [-0.25, -0.2) is 4.98 Å². The number of carbonyl (C=O) groups excluding carboxylic acids is 2. The number of ether oxygens (including phenoxy) is 1. The monoisotopic (exact) mass is 401 g/mol. The molecular formula is C19H19N3O3S2. The van der Waals surface area contributed by atoms with Crippen LogP contribution in [0.3, 0.4) is 0 Å². The van der Waals surface area contributed by atoms with E-state index in [0.29, 0.717) is 11.7 Å². The molecule has 27 heavy (non-hydrogen) atoms. The molecular weight excluding hydrogens is 382 g/mol. The largest absolute Gasteiger partial charge is 0.494 e. The third kappa shape index (κ3) is 5.70. The average molecular weight is 402 g/mol. The van der Waals surface area contributed by atoms with E-state index < -0.39 is 0 Å². The SMILES string of the molecule is CCOc1ccc2nc(NC(=O)CSCC(=O)Nc3ccccc3)sc2c1. The Kier molecular flexibility index (Phi) is 6.67. The molecule has 2 amide bonds. The van der Waals surface area contributed by atoms with E-state index in [4.69, 9.17) is 4.74 Å². The van der Waals surface area contributed by atoms with Gasteiger partial charge < -0.3 is 15.4 Å². The lowest BCUT2D eigenvalue weighted by atomic mass is 10.3. The zero-order chi connectivity index (χ0) is 19.1. The van der Waals surface area contributed by atoms with Gasteiger partial charge in [-0.05, 0) is 37.3 Å². The van der Waals surface area contributed by atoms with Crippen LogP contribution in [0.25, 0.3) is 10.2 Å². The second kappa shape index (κ2) is 9.38. The number of hydrogen-bond acceptors (Lipinski definition) is 6. The third-order valence-electron chi connectivity index (χ3n) is 3.44. The van der Waals surface area contributed by atoms with Crippen LogP contribution in [0.1, 0.15) is 6.92 Å². The van der Waals surface area contributed by atoms with Crippen molar-refractivity contribution in [3.63, 3.8) is 0 Å². The van der Waals surface area contributed by atoms with Crippen LogP contribution in [-0.2, 0) is 9.59 Å². The summed E-state index contributed by atoms with van der Waals surface area (Å²) in [7, 11) is 0. The first-order valence-corrected chi connectivity index (χ1v) is 10.4. The van der Waals surface area contributed by atoms with Crippen LogP contribution >= 0.6 is 23.1 Å². The van der Waals surface area contributed by atoms with Crippen molar-refractivity contribution >= 4 is 55.9 Å². The fraction of sp³-hybridized carbons (Fsp3) is 0.211. The quantitative estimate of drug-likeness (QED) is 0.596. The van der Waals surface area contributed by atoms with Crippen molar-refractivity contribution in [2.24, 2.45) is 0 Å². The number of para-hydroxylation sites is 1. The first kappa shape index (κ1) is 19.2. The van der Waals surface area contributed by atoms with Gasteiger partial charge in [-0.3, -0.25) is 9.59 Å². The predicted octanol–water partition coefficient (Wildman–Crippen LogP) is 4.01. The first-order valence-electron chi connectivity index (χ1n) is 8.40. The Balaban J connectivity index is 1.46. The molecule has 8 heteroatoms. The van der Waals surface area contributed by atoms with Gasteiger partial charge in [0.2, 0.25) is 11.8 Å². The molecule has 0 bridgehead atoms. The van der Waals surface area contributed by atoms with Crippen LogP contribution in [0.5, 0.6) is 5.75 Å². The lowest BCUT2D eigenvalue weighted by molar-refractivity contribution is -0.114. The Hall–Kier alpha value is -2.58. The Bertz CT molecular complexity index is 928. The minimum atomic E-state index is -0.184. The summed E-state index contributed by atoms with van der Waals surface area (Å²) in [5.41, 5.74) is 1.56. The number of carbonyl (C=O) groups is 2. The first-order chi connectivity index (χ1) is 13.1. The zero-order valence-electron chi connectivity index (χ0n) is 14.7. The van der Waals surface area contributed by atoms with Gasteiger partial charge in [-0.2, -0.15) is 0 Å². The maximum absolute atomic E-state index is 12.1. The van der Waals surface area contributed by atoms with Crippen LogP contribution in [0.4, 0.5) is 10.8 Å². The number of nitrogens with one attached hydrogen (secondary N) is 2. The van der Waals surface area contributed by atoms with E-state index in [1.165, 1.54) is 23.1 Å². The number of thiazole rings is 1. The van der Waals surface area contributed by atoms with Gasteiger partial charge in [0.05, 0.1) is 28.3 Å². The predicted molar refractivity (Wildman–Crippen MR) is 112 cm³/mol. The summed E-state index contributed by atoms with van der Waals surface area (Å²) in [5, 5.41) is 6.11. The lowest BCUT2D eigenvalue weighted by Gasteiger charge is -2.04. The second-order valence-electron chi connectivity index (χ2n) is 5.54. The van der Waals surface area contributed by atoms with Gasteiger partial charge in [-0.1, -0.05) is 29.5 Å². The highest BCUT2D eigenvalue weighted by Crippen LogP contribution is 2.29. The maximum atomic E-state index is 12.1. The molecule has 0 saturated carbocycles. The van der Waals surface area contributed by atoms with Crippen molar-refractivity contribution in [3.8, 4) is 5.75 Å². The molecule has 0 saturated heterocycles. The highest BCUT2D eigenvalue weighted by atomic mass is 32.2. The Morgan fingerprint density at radius 2 is 1.81 bits per heavy atom. The van der Waals surface area contributed by atoms with Crippen molar-refractivity contribution in [3.05, 3.63) is 48.5 Å². The summed E-state index contributed by atoms with van der Waals surface area (Å²) >= 11 is 2.65. The van der Waals surface area contributed by atoms with Gasteiger partial charge in [0.15, 0.2) is 5.13 Å². The van der Waals surface area contributed by atoms with Gasteiger partial charge in [-0.15, -0.1) is 11.8 Å². The number of aromatic nitrogens is 1. The second-order valence-corrected chi connectivity index (χ2v) is 7.55. The van der Waals surface area contributed by atoms with E-state index in [1.807, 2.05) is 55.5 Å². The van der Waals surface area contributed by atoms with Gasteiger partial charge in [0.25, 0.3) is 0 Å². The molecule has 1 aromatic heterocycles. The van der Waals surface area contributed by atoms with Crippen LogP contribution in [0.2, 0.25) is 0 Å². The number of thioether (sulfide) groups is 1. The van der Waals surface area contributed by atoms with Gasteiger partial charge >= 0.3 is 0 Å². The van der Waals surface area contributed by atoms with Crippen LogP contribution < -0.4 is 15.4 Å². The fourth-order valence-corrected chi connectivity index (χ4v) is 3.85. The molecule has 0 unspecified atom stereocenters. The molecule has 0 atom stereocenters. The van der Waals surface area contributed by atoms with Crippen molar-refractivity contribution < 1.29 is 14.3 Å². The number of amides is 2. The number of rotatable bonds is 8. The molecule has 0 fully saturated rings. The highest BCUT2D eigenvalue weighted by Gasteiger charge is 2.10. The summed E-state index contributed by atoms with van der Waals surface area (Å²) in [4.78, 5) is 28.3. The Labute approximate surface area is 165 Å². The molecule has 2 aromatic carbocycles. The number of anilines is 2. The van der Waals surface area contributed by atoms with Crippen LogP contribution in [-0.4, -0.2) is 34.9 Å². The highest BCUT2D eigenvalue weighted by molar-refractivity contribution is 8.00. The standard InChI is InChI=1S/C19H19N3O3S2/c1-2-25-14-8-9-15-16(10-14)27-19(21-15)22-18(24)12-26-11-17(23)20-13-6-4-3-5-7-13/h3-10H,2,11-12H2,1H3,(H,20,23)(H,21,22,24). The van der Waals surface area contributed by atoms with E-state index in [2.05, 4.69) is 15.6 Å². The summed E-state index contributed by atoms with van der Waals surface area (Å²) in [5.74, 6) is 0.855. The Morgan fingerprint density at radius 3 is 2.56 bits per heavy atom. The molecule has 0 aliphatic carbocycles. The molecule has 0 aliphatic rings. The zero-order valence-corrected chi connectivity index (χ0v) is 16.4. The Morgan fingerprint density at radius 1 is 1.07 bits per heavy atom. The summed E-state index contributed by atoms with van der Waals surface area (Å²) in [6, 6.07) is 14.9. The smallest absolute Gasteiger partial charge is 0.236 e. The van der Waals surface area contributed by atoms with Crippen LogP contribution in [0, 0.1) is 0 Å². The minimum Gasteiger partial charge on any atom is -0.494 e. The van der Waals surface area contributed by atoms with E-state index in [0.717, 1.165) is 21.7 Å².